The van der Waals surface area contributed by atoms with E-state index in [1.165, 1.54) is 0 Å². The maximum atomic E-state index is 10.5. The highest BCUT2D eigenvalue weighted by Crippen LogP contribution is 2.36. The van der Waals surface area contributed by atoms with E-state index in [0.29, 0.717) is 25.7 Å². The van der Waals surface area contributed by atoms with E-state index in [1.807, 2.05) is 18.2 Å². The van der Waals surface area contributed by atoms with Crippen LogP contribution in [0.3, 0.4) is 0 Å². The molecule has 1 aliphatic carbocycles. The lowest BCUT2D eigenvalue weighted by atomic mass is 9.89. The molecule has 0 radical (unpaired) electrons. The minimum absolute atomic E-state index is 0.0650. The lowest BCUT2D eigenvalue weighted by Crippen LogP contribution is -2.20. The van der Waals surface area contributed by atoms with Crippen LogP contribution in [-0.2, 0) is 4.79 Å². The Bertz CT molecular complexity index is 432. The minimum Gasteiger partial charge on any atom is -0.481 e. The first-order chi connectivity index (χ1) is 12.0. The summed E-state index contributed by atoms with van der Waals surface area (Å²) in [6.07, 6.45) is 12.3. The third kappa shape index (κ3) is 8.66. The zero-order chi connectivity index (χ0) is 18.7. The van der Waals surface area contributed by atoms with Gasteiger partial charge in [0.05, 0.1) is 18.3 Å². The van der Waals surface area contributed by atoms with Crippen LogP contribution in [0.1, 0.15) is 64.7 Å². The van der Waals surface area contributed by atoms with Crippen molar-refractivity contribution in [3.8, 4) is 0 Å². The van der Waals surface area contributed by atoms with Crippen LogP contribution in [0.25, 0.3) is 0 Å². The number of carboxylic acid groups (broad SMARTS) is 1. The van der Waals surface area contributed by atoms with Gasteiger partial charge in [-0.05, 0) is 31.6 Å². The smallest absolute Gasteiger partial charge is 0.303 e. The quantitative estimate of drug-likeness (QED) is 0.319. The van der Waals surface area contributed by atoms with Gasteiger partial charge in [-0.25, -0.2) is 0 Å². The maximum Gasteiger partial charge on any atom is 0.303 e. The Balaban J connectivity index is 2.46. The number of rotatable bonds is 12. The number of allylic oxidation sites excluding steroid dienone is 2. The standard InChI is InChI=1S/C20H34O5/c1-2-3-6-9-15(21)12-13-17-16(18(22)14-19(17)23)10-7-4-5-8-11-20(24)25/h4,7,12-13,15-19,21-23H,2-3,5-6,8-11,14H2,1H3,(H,24,25)/b7-4+,13-12+/t15-,16-,17-,18-,19+/m0/s1. The maximum absolute atomic E-state index is 10.5. The molecule has 5 atom stereocenters. The molecule has 0 aromatic heterocycles. The van der Waals surface area contributed by atoms with E-state index in [2.05, 4.69) is 6.92 Å². The lowest BCUT2D eigenvalue weighted by Gasteiger charge is -2.19. The van der Waals surface area contributed by atoms with Gasteiger partial charge in [0.25, 0.3) is 0 Å². The summed E-state index contributed by atoms with van der Waals surface area (Å²) < 4.78 is 0. The SMILES string of the molecule is CCCCC[C@H](O)/C=C/[C@H]1[C@H](C/C=C/CCCC(=O)O)[C@@H](O)C[C@H]1O. The van der Waals surface area contributed by atoms with Gasteiger partial charge in [0.15, 0.2) is 0 Å². The summed E-state index contributed by atoms with van der Waals surface area (Å²) in [4.78, 5) is 10.5. The number of carbonyl (C=O) groups is 1. The molecule has 0 aliphatic heterocycles. The number of aliphatic hydroxyl groups is 3. The number of aliphatic hydroxyl groups excluding tert-OH is 3. The molecule has 5 nitrogen and oxygen atoms in total. The van der Waals surface area contributed by atoms with Crippen LogP contribution in [0.5, 0.6) is 0 Å². The van der Waals surface area contributed by atoms with Crippen LogP contribution < -0.4 is 0 Å². The fraction of sp³-hybridized carbons (Fsp3) is 0.750. The van der Waals surface area contributed by atoms with Crippen LogP contribution >= 0.6 is 0 Å². The number of carboxylic acids is 1. The van der Waals surface area contributed by atoms with Crippen LogP contribution in [0.15, 0.2) is 24.3 Å². The summed E-state index contributed by atoms with van der Waals surface area (Å²) in [5.74, 6) is -1.00. The molecule has 25 heavy (non-hydrogen) atoms. The molecule has 1 fully saturated rings. The average molecular weight is 354 g/mol. The highest BCUT2D eigenvalue weighted by atomic mass is 16.4. The molecule has 0 saturated heterocycles. The molecule has 0 aromatic rings. The highest BCUT2D eigenvalue weighted by Gasteiger charge is 2.39. The topological polar surface area (TPSA) is 98.0 Å². The van der Waals surface area contributed by atoms with Crippen molar-refractivity contribution >= 4 is 5.97 Å². The molecule has 0 amide bonds. The van der Waals surface area contributed by atoms with Crippen molar-refractivity contribution in [2.75, 3.05) is 0 Å². The molecule has 0 unspecified atom stereocenters. The number of hydrogen-bond acceptors (Lipinski definition) is 4. The van der Waals surface area contributed by atoms with Crippen molar-refractivity contribution in [3.63, 3.8) is 0 Å². The normalized spacial score (nSPS) is 28.2. The molecular formula is C20H34O5. The fourth-order valence-electron chi connectivity index (χ4n) is 3.41. The largest absolute Gasteiger partial charge is 0.481 e. The molecule has 1 aliphatic rings. The van der Waals surface area contributed by atoms with Crippen molar-refractivity contribution in [1.82, 2.24) is 0 Å². The van der Waals surface area contributed by atoms with Crippen molar-refractivity contribution in [1.29, 1.82) is 0 Å². The summed E-state index contributed by atoms with van der Waals surface area (Å²) in [7, 11) is 0. The van der Waals surface area contributed by atoms with E-state index >= 15 is 0 Å². The number of aliphatic carboxylic acids is 1. The van der Waals surface area contributed by atoms with Crippen LogP contribution in [-0.4, -0.2) is 44.7 Å². The van der Waals surface area contributed by atoms with Crippen molar-refractivity contribution < 1.29 is 25.2 Å². The van der Waals surface area contributed by atoms with E-state index in [0.717, 1.165) is 25.7 Å². The molecule has 1 rings (SSSR count). The third-order valence-electron chi connectivity index (χ3n) is 4.91. The van der Waals surface area contributed by atoms with Crippen LogP contribution in [0.2, 0.25) is 0 Å². The van der Waals surface area contributed by atoms with Gasteiger partial charge in [0.1, 0.15) is 0 Å². The Morgan fingerprint density at radius 2 is 1.92 bits per heavy atom. The molecule has 1 saturated carbocycles. The molecule has 0 aromatic carbocycles. The second-order valence-corrected chi connectivity index (χ2v) is 7.05. The van der Waals surface area contributed by atoms with Crippen LogP contribution in [0.4, 0.5) is 0 Å². The molecule has 4 N–H and O–H groups in total. The first-order valence-electron chi connectivity index (χ1n) is 9.55. The predicted molar refractivity (Wildman–Crippen MR) is 98.1 cm³/mol. The first kappa shape index (κ1) is 21.9. The Morgan fingerprint density at radius 1 is 1.16 bits per heavy atom. The molecule has 144 valence electrons. The Kier molecular flexibility index (Phi) is 10.7. The number of unbranched alkanes of at least 4 members (excludes halogenated alkanes) is 3. The summed E-state index contributed by atoms with van der Waals surface area (Å²) in [5, 5.41) is 39.0. The Labute approximate surface area is 151 Å². The second-order valence-electron chi connectivity index (χ2n) is 7.05. The van der Waals surface area contributed by atoms with Gasteiger partial charge in [-0.1, -0.05) is 50.5 Å². The summed E-state index contributed by atoms with van der Waals surface area (Å²) in [6.45, 7) is 2.12. The molecular weight excluding hydrogens is 320 g/mol. The zero-order valence-electron chi connectivity index (χ0n) is 15.3. The van der Waals surface area contributed by atoms with E-state index < -0.39 is 24.3 Å². The Hall–Kier alpha value is -1.17. The highest BCUT2D eigenvalue weighted by molar-refractivity contribution is 5.66. The van der Waals surface area contributed by atoms with Gasteiger partial charge >= 0.3 is 5.97 Å². The van der Waals surface area contributed by atoms with Crippen molar-refractivity contribution in [2.24, 2.45) is 11.8 Å². The summed E-state index contributed by atoms with van der Waals surface area (Å²) in [6, 6.07) is 0. The van der Waals surface area contributed by atoms with Gasteiger partial charge in [0.2, 0.25) is 0 Å². The Morgan fingerprint density at radius 3 is 2.60 bits per heavy atom. The van der Waals surface area contributed by atoms with E-state index in [9.17, 15) is 20.1 Å². The summed E-state index contributed by atoms with van der Waals surface area (Å²) in [5.41, 5.74) is 0. The van der Waals surface area contributed by atoms with E-state index in [4.69, 9.17) is 5.11 Å². The average Bonchev–Trinajstić information content (AvgIpc) is 2.82. The molecule has 0 spiro atoms. The predicted octanol–water partition coefficient (Wildman–Crippen LogP) is 3.04. The third-order valence-corrected chi connectivity index (χ3v) is 4.91. The lowest BCUT2D eigenvalue weighted by molar-refractivity contribution is -0.137. The summed E-state index contributed by atoms with van der Waals surface area (Å²) >= 11 is 0. The second kappa shape index (κ2) is 12.2. The van der Waals surface area contributed by atoms with Gasteiger partial charge in [-0.2, -0.15) is 0 Å². The fourth-order valence-corrected chi connectivity index (χ4v) is 3.41. The van der Waals surface area contributed by atoms with Crippen molar-refractivity contribution in [3.05, 3.63) is 24.3 Å². The molecule has 5 heteroatoms. The zero-order valence-corrected chi connectivity index (χ0v) is 15.3. The van der Waals surface area contributed by atoms with Gasteiger partial charge in [-0.15, -0.1) is 0 Å². The van der Waals surface area contributed by atoms with E-state index in [-0.39, 0.29) is 18.3 Å². The molecule has 0 heterocycles. The van der Waals surface area contributed by atoms with Crippen molar-refractivity contribution in [2.45, 2.75) is 83.0 Å². The number of hydrogen-bond donors (Lipinski definition) is 4. The first-order valence-corrected chi connectivity index (χ1v) is 9.55. The minimum atomic E-state index is -0.787. The monoisotopic (exact) mass is 354 g/mol. The van der Waals surface area contributed by atoms with Gasteiger partial charge in [-0.3, -0.25) is 4.79 Å². The van der Waals surface area contributed by atoms with Crippen LogP contribution in [0, 0.1) is 11.8 Å². The van der Waals surface area contributed by atoms with Gasteiger partial charge < -0.3 is 20.4 Å². The van der Waals surface area contributed by atoms with Gasteiger partial charge in [0, 0.05) is 18.8 Å². The van der Waals surface area contributed by atoms with E-state index in [1.54, 1.807) is 6.08 Å². The molecule has 0 bridgehead atoms.